The first kappa shape index (κ1) is 10.2. The first-order valence-electron chi connectivity index (χ1n) is 5.02. The van der Waals surface area contributed by atoms with Crippen molar-refractivity contribution in [3.63, 3.8) is 0 Å². The lowest BCUT2D eigenvalue weighted by Gasteiger charge is -2.04. The van der Waals surface area contributed by atoms with E-state index in [4.69, 9.17) is 5.26 Å². The molecule has 3 nitrogen and oxygen atoms in total. The molecule has 0 radical (unpaired) electrons. The summed E-state index contributed by atoms with van der Waals surface area (Å²) in [6, 6.07) is 15.7. The minimum atomic E-state index is 0.574. The summed E-state index contributed by atoms with van der Waals surface area (Å²) in [7, 11) is 0. The average Bonchev–Trinajstić information content (AvgIpc) is 2.38. The van der Waals surface area contributed by atoms with Crippen LogP contribution in [-0.2, 0) is 6.54 Å². The van der Waals surface area contributed by atoms with E-state index in [1.165, 1.54) is 5.56 Å². The Bertz CT molecular complexity index is 483. The second-order valence-corrected chi connectivity index (χ2v) is 3.38. The van der Waals surface area contributed by atoms with Crippen molar-refractivity contribution in [3.05, 3.63) is 59.8 Å². The van der Waals surface area contributed by atoms with Crippen molar-refractivity contribution in [3.8, 4) is 6.07 Å². The molecular weight excluding hydrogens is 198 g/mol. The van der Waals surface area contributed by atoms with Gasteiger partial charge in [-0.05, 0) is 17.7 Å². The molecule has 1 aromatic heterocycles. The van der Waals surface area contributed by atoms with Gasteiger partial charge in [0.1, 0.15) is 11.9 Å². The van der Waals surface area contributed by atoms with Crippen LogP contribution in [0.2, 0.25) is 0 Å². The van der Waals surface area contributed by atoms with E-state index in [0.29, 0.717) is 5.56 Å². The molecular formula is C13H11N3. The molecule has 78 valence electrons. The van der Waals surface area contributed by atoms with Crippen molar-refractivity contribution in [1.82, 2.24) is 4.98 Å². The van der Waals surface area contributed by atoms with E-state index in [1.54, 1.807) is 12.3 Å². The lowest BCUT2D eigenvalue weighted by molar-refractivity contribution is 1.11. The lowest BCUT2D eigenvalue weighted by atomic mass is 10.2. The van der Waals surface area contributed by atoms with Gasteiger partial charge >= 0.3 is 0 Å². The zero-order chi connectivity index (χ0) is 11.2. The second kappa shape index (κ2) is 4.94. The number of nitrogens with one attached hydrogen (secondary N) is 1. The lowest BCUT2D eigenvalue weighted by Crippen LogP contribution is -2.00. The van der Waals surface area contributed by atoms with Crippen LogP contribution >= 0.6 is 0 Å². The van der Waals surface area contributed by atoms with Crippen LogP contribution in [-0.4, -0.2) is 4.98 Å². The summed E-state index contributed by atoms with van der Waals surface area (Å²) in [5.41, 5.74) is 1.78. The molecule has 0 aliphatic heterocycles. The van der Waals surface area contributed by atoms with Crippen molar-refractivity contribution in [2.75, 3.05) is 5.32 Å². The Morgan fingerprint density at radius 2 is 1.94 bits per heavy atom. The fourth-order valence-electron chi connectivity index (χ4n) is 1.35. The molecule has 16 heavy (non-hydrogen) atoms. The second-order valence-electron chi connectivity index (χ2n) is 3.38. The Hall–Kier alpha value is -2.34. The number of nitriles is 1. The largest absolute Gasteiger partial charge is 0.366 e. The van der Waals surface area contributed by atoms with Crippen molar-refractivity contribution >= 4 is 5.82 Å². The van der Waals surface area contributed by atoms with Gasteiger partial charge in [0.15, 0.2) is 0 Å². The van der Waals surface area contributed by atoms with Gasteiger partial charge < -0.3 is 5.32 Å². The maximum absolute atomic E-state index is 8.63. The topological polar surface area (TPSA) is 48.7 Å². The van der Waals surface area contributed by atoms with Crippen LogP contribution in [0.4, 0.5) is 5.82 Å². The van der Waals surface area contributed by atoms with E-state index in [1.807, 2.05) is 30.3 Å². The summed E-state index contributed by atoms with van der Waals surface area (Å²) in [6.07, 6.45) is 1.56. The zero-order valence-corrected chi connectivity index (χ0v) is 8.72. The first-order chi connectivity index (χ1) is 7.88. The summed E-state index contributed by atoms with van der Waals surface area (Å²) in [5, 5.41) is 11.8. The van der Waals surface area contributed by atoms with E-state index >= 15 is 0 Å². The molecule has 0 aliphatic carbocycles. The monoisotopic (exact) mass is 209 g/mol. The minimum absolute atomic E-state index is 0.574. The fraction of sp³-hybridized carbons (Fsp3) is 0.0769. The molecule has 0 spiro atoms. The van der Waals surface area contributed by atoms with E-state index in [-0.39, 0.29) is 0 Å². The maximum Gasteiger partial charge on any atom is 0.126 e. The number of pyridine rings is 1. The van der Waals surface area contributed by atoms with Crippen LogP contribution < -0.4 is 5.32 Å². The Morgan fingerprint density at radius 3 is 2.56 bits per heavy atom. The van der Waals surface area contributed by atoms with Gasteiger partial charge in [0.2, 0.25) is 0 Å². The fourth-order valence-corrected chi connectivity index (χ4v) is 1.35. The van der Waals surface area contributed by atoms with E-state index in [2.05, 4.69) is 22.4 Å². The minimum Gasteiger partial charge on any atom is -0.366 e. The van der Waals surface area contributed by atoms with Gasteiger partial charge in [-0.25, -0.2) is 4.98 Å². The molecule has 0 saturated carbocycles. The third-order valence-electron chi connectivity index (χ3n) is 2.21. The van der Waals surface area contributed by atoms with E-state index in [0.717, 1.165) is 12.4 Å². The summed E-state index contributed by atoms with van der Waals surface area (Å²) in [5.74, 6) is 0.780. The highest BCUT2D eigenvalue weighted by Crippen LogP contribution is 2.06. The van der Waals surface area contributed by atoms with Gasteiger partial charge in [0, 0.05) is 12.7 Å². The summed E-state index contributed by atoms with van der Waals surface area (Å²) in [4.78, 5) is 4.13. The number of hydrogen-bond acceptors (Lipinski definition) is 3. The van der Waals surface area contributed by atoms with Crippen LogP contribution in [0.15, 0.2) is 48.7 Å². The van der Waals surface area contributed by atoms with Crippen LogP contribution in [0, 0.1) is 11.3 Å². The number of benzene rings is 1. The van der Waals surface area contributed by atoms with Gasteiger partial charge in [-0.1, -0.05) is 30.3 Å². The van der Waals surface area contributed by atoms with Gasteiger partial charge in [-0.2, -0.15) is 5.26 Å². The smallest absolute Gasteiger partial charge is 0.126 e. The van der Waals surface area contributed by atoms with Gasteiger partial charge in [0.05, 0.1) is 5.56 Å². The Labute approximate surface area is 94.4 Å². The molecule has 0 bridgehead atoms. The number of rotatable bonds is 3. The predicted molar refractivity (Wildman–Crippen MR) is 62.7 cm³/mol. The standard InChI is InChI=1S/C13H11N3/c14-8-12-6-7-13(16-10-12)15-9-11-4-2-1-3-5-11/h1-7,10H,9H2,(H,15,16). The van der Waals surface area contributed by atoms with Crippen molar-refractivity contribution < 1.29 is 0 Å². The quantitative estimate of drug-likeness (QED) is 0.845. The zero-order valence-electron chi connectivity index (χ0n) is 8.72. The molecule has 3 heteroatoms. The Kier molecular flexibility index (Phi) is 3.15. The number of aromatic nitrogens is 1. The first-order valence-corrected chi connectivity index (χ1v) is 5.02. The van der Waals surface area contributed by atoms with Crippen molar-refractivity contribution in [2.45, 2.75) is 6.54 Å². The molecule has 0 saturated heterocycles. The van der Waals surface area contributed by atoms with Crippen LogP contribution in [0.5, 0.6) is 0 Å². The van der Waals surface area contributed by atoms with E-state index < -0.39 is 0 Å². The molecule has 0 fully saturated rings. The molecule has 1 heterocycles. The van der Waals surface area contributed by atoms with Gasteiger partial charge in [-0.3, -0.25) is 0 Å². The summed E-state index contributed by atoms with van der Waals surface area (Å²) in [6.45, 7) is 0.736. The molecule has 2 aromatic rings. The maximum atomic E-state index is 8.63. The molecule has 0 amide bonds. The highest BCUT2D eigenvalue weighted by molar-refractivity contribution is 5.39. The third-order valence-corrected chi connectivity index (χ3v) is 2.21. The Morgan fingerprint density at radius 1 is 1.12 bits per heavy atom. The summed E-state index contributed by atoms with van der Waals surface area (Å²) >= 11 is 0. The predicted octanol–water partition coefficient (Wildman–Crippen LogP) is 2.57. The van der Waals surface area contributed by atoms with Gasteiger partial charge in [0.25, 0.3) is 0 Å². The normalized spacial score (nSPS) is 9.44. The molecule has 0 unspecified atom stereocenters. The molecule has 0 aliphatic rings. The molecule has 0 atom stereocenters. The van der Waals surface area contributed by atoms with Gasteiger partial charge in [-0.15, -0.1) is 0 Å². The SMILES string of the molecule is N#Cc1ccc(NCc2ccccc2)nc1. The summed E-state index contributed by atoms with van der Waals surface area (Å²) < 4.78 is 0. The number of anilines is 1. The Balaban J connectivity index is 1.98. The van der Waals surface area contributed by atoms with Crippen LogP contribution in [0.25, 0.3) is 0 Å². The van der Waals surface area contributed by atoms with Crippen LogP contribution in [0.1, 0.15) is 11.1 Å². The molecule has 2 rings (SSSR count). The highest BCUT2D eigenvalue weighted by Gasteiger charge is 1.95. The number of hydrogen-bond donors (Lipinski definition) is 1. The number of nitrogens with zero attached hydrogens (tertiary/aromatic N) is 2. The average molecular weight is 209 g/mol. The molecule has 1 aromatic carbocycles. The van der Waals surface area contributed by atoms with Crippen molar-refractivity contribution in [2.24, 2.45) is 0 Å². The molecule has 1 N–H and O–H groups in total. The van der Waals surface area contributed by atoms with Crippen molar-refractivity contribution in [1.29, 1.82) is 5.26 Å². The van der Waals surface area contributed by atoms with Crippen LogP contribution in [0.3, 0.4) is 0 Å². The highest BCUT2D eigenvalue weighted by atomic mass is 15.0. The third kappa shape index (κ3) is 2.58. The van der Waals surface area contributed by atoms with E-state index in [9.17, 15) is 0 Å².